The van der Waals surface area contributed by atoms with Crippen LogP contribution in [0.2, 0.25) is 13.1 Å². The van der Waals surface area contributed by atoms with Gasteiger partial charge in [0.2, 0.25) is 0 Å². The predicted octanol–water partition coefficient (Wildman–Crippen LogP) is 7.02. The molecule has 0 bridgehead atoms. The van der Waals surface area contributed by atoms with Gasteiger partial charge in [-0.25, -0.2) is 0 Å². The van der Waals surface area contributed by atoms with Gasteiger partial charge in [0.1, 0.15) is 8.24 Å². The number of rotatable bonds is 2. The van der Waals surface area contributed by atoms with Crippen LogP contribution in [0.4, 0.5) is 0 Å². The van der Waals surface area contributed by atoms with Crippen molar-refractivity contribution < 1.29 is 0 Å². The molecule has 1 nitrogen and oxygen atoms in total. The van der Waals surface area contributed by atoms with Gasteiger partial charge < -0.3 is 4.98 Å². The van der Waals surface area contributed by atoms with Gasteiger partial charge in [0.25, 0.3) is 0 Å². The molecule has 0 aromatic heterocycles. The lowest BCUT2D eigenvalue weighted by atomic mass is 9.92. The summed E-state index contributed by atoms with van der Waals surface area (Å²) in [5, 5.41) is 7.13. The van der Waals surface area contributed by atoms with E-state index in [1.807, 2.05) is 0 Å². The number of fused-ring (bicyclic) bond motifs is 5. The molecule has 140 valence electrons. The van der Waals surface area contributed by atoms with Crippen molar-refractivity contribution in [2.24, 2.45) is 0 Å². The standard InChI is InChI=1S/C25H31NSi/c1-16-19-14-15-21-20-11-9-8-10-18(20)12-13-22(21)23(19)17(2)24(16)27(6,7)26-25(3,4)5/h8-16,26H,1-7H3. The third kappa shape index (κ3) is 2.96. The Morgan fingerprint density at radius 2 is 1.52 bits per heavy atom. The Hall–Kier alpha value is -1.90. The molecular weight excluding hydrogens is 342 g/mol. The van der Waals surface area contributed by atoms with Gasteiger partial charge in [-0.2, -0.15) is 0 Å². The van der Waals surface area contributed by atoms with Crippen molar-refractivity contribution in [1.29, 1.82) is 0 Å². The normalized spacial score (nSPS) is 17.8. The Balaban J connectivity index is 1.97. The molecule has 0 radical (unpaired) electrons. The van der Waals surface area contributed by atoms with E-state index in [2.05, 4.69) is 101 Å². The van der Waals surface area contributed by atoms with Crippen LogP contribution >= 0.6 is 0 Å². The van der Waals surface area contributed by atoms with E-state index in [0.29, 0.717) is 5.92 Å². The van der Waals surface area contributed by atoms with Gasteiger partial charge in [-0.15, -0.1) is 0 Å². The Kier molecular flexibility index (Phi) is 4.14. The summed E-state index contributed by atoms with van der Waals surface area (Å²) in [5.41, 5.74) is 4.63. The number of allylic oxidation sites excluding steroid dienone is 2. The first kappa shape index (κ1) is 18.5. The molecule has 1 aliphatic rings. The van der Waals surface area contributed by atoms with Crippen molar-refractivity contribution in [1.82, 2.24) is 4.98 Å². The highest BCUT2D eigenvalue weighted by atomic mass is 28.3. The van der Waals surface area contributed by atoms with Crippen LogP contribution in [0.25, 0.3) is 27.1 Å². The van der Waals surface area contributed by atoms with E-state index in [4.69, 9.17) is 0 Å². The summed E-state index contributed by atoms with van der Waals surface area (Å²) < 4.78 is 0. The SMILES string of the molecule is CC1=C([Si](C)(C)NC(C)(C)C)C(C)c2ccc3c(ccc4ccccc43)c21. The third-order valence-electron chi connectivity index (χ3n) is 6.00. The monoisotopic (exact) mass is 373 g/mol. The Morgan fingerprint density at radius 1 is 0.852 bits per heavy atom. The molecule has 3 aromatic rings. The highest BCUT2D eigenvalue weighted by Crippen LogP contribution is 2.48. The summed E-state index contributed by atoms with van der Waals surface area (Å²) in [7, 11) is -1.74. The topological polar surface area (TPSA) is 12.0 Å². The smallest absolute Gasteiger partial charge is 0.148 e. The summed E-state index contributed by atoms with van der Waals surface area (Å²) in [6.07, 6.45) is 0. The highest BCUT2D eigenvalue weighted by molar-refractivity contribution is 6.83. The van der Waals surface area contributed by atoms with Crippen molar-refractivity contribution in [3.8, 4) is 0 Å². The van der Waals surface area contributed by atoms with Crippen LogP contribution < -0.4 is 4.98 Å². The average molecular weight is 374 g/mol. The molecule has 2 heteroatoms. The Morgan fingerprint density at radius 3 is 2.22 bits per heavy atom. The summed E-state index contributed by atoms with van der Waals surface area (Å²) in [6.45, 7) is 16.5. The van der Waals surface area contributed by atoms with Crippen LogP contribution in [-0.4, -0.2) is 13.8 Å². The van der Waals surface area contributed by atoms with Crippen LogP contribution in [0.15, 0.2) is 53.7 Å². The zero-order valence-corrected chi connectivity index (χ0v) is 18.7. The molecule has 0 spiro atoms. The molecule has 27 heavy (non-hydrogen) atoms. The molecule has 0 saturated heterocycles. The van der Waals surface area contributed by atoms with Crippen molar-refractivity contribution in [2.45, 2.75) is 59.2 Å². The first-order valence-corrected chi connectivity index (χ1v) is 13.1. The molecule has 3 aromatic carbocycles. The van der Waals surface area contributed by atoms with Crippen molar-refractivity contribution >= 4 is 35.4 Å². The van der Waals surface area contributed by atoms with Gasteiger partial charge in [0, 0.05) is 11.5 Å². The number of hydrogen-bond acceptors (Lipinski definition) is 1. The lowest BCUT2D eigenvalue weighted by Crippen LogP contribution is -2.56. The van der Waals surface area contributed by atoms with Gasteiger partial charge in [0.05, 0.1) is 0 Å². The fraction of sp³-hybridized carbons (Fsp3) is 0.360. The summed E-state index contributed by atoms with van der Waals surface area (Å²) in [4.78, 5) is 3.99. The molecule has 0 aliphatic heterocycles. The molecular formula is C25H31NSi. The third-order valence-corrected chi connectivity index (χ3v) is 9.53. The quantitative estimate of drug-likeness (QED) is 0.376. The van der Waals surface area contributed by atoms with Crippen LogP contribution in [0.3, 0.4) is 0 Å². The van der Waals surface area contributed by atoms with Crippen molar-refractivity contribution in [3.05, 3.63) is 64.9 Å². The van der Waals surface area contributed by atoms with Gasteiger partial charge in [-0.05, 0) is 65.9 Å². The van der Waals surface area contributed by atoms with Crippen LogP contribution in [-0.2, 0) is 0 Å². The van der Waals surface area contributed by atoms with Crippen LogP contribution in [0.5, 0.6) is 0 Å². The molecule has 0 heterocycles. The van der Waals surface area contributed by atoms with Crippen molar-refractivity contribution in [3.63, 3.8) is 0 Å². The van der Waals surface area contributed by atoms with Gasteiger partial charge in [0.15, 0.2) is 0 Å². The van der Waals surface area contributed by atoms with E-state index in [-0.39, 0.29) is 5.54 Å². The molecule has 0 fully saturated rings. The number of hydrogen-bond donors (Lipinski definition) is 1. The first-order chi connectivity index (χ1) is 12.6. The van der Waals surface area contributed by atoms with Gasteiger partial charge >= 0.3 is 0 Å². The molecule has 1 N–H and O–H groups in total. The minimum atomic E-state index is -1.74. The van der Waals surface area contributed by atoms with Gasteiger partial charge in [-0.1, -0.05) is 73.7 Å². The maximum atomic E-state index is 3.99. The highest BCUT2D eigenvalue weighted by Gasteiger charge is 2.39. The fourth-order valence-electron chi connectivity index (χ4n) is 5.51. The first-order valence-electron chi connectivity index (χ1n) is 10.1. The van der Waals surface area contributed by atoms with Crippen LogP contribution in [0.1, 0.15) is 51.7 Å². The zero-order chi connectivity index (χ0) is 19.6. The Bertz CT molecular complexity index is 1080. The Labute approximate surface area is 164 Å². The lowest BCUT2D eigenvalue weighted by Gasteiger charge is -2.36. The summed E-state index contributed by atoms with van der Waals surface area (Å²) >= 11 is 0. The summed E-state index contributed by atoms with van der Waals surface area (Å²) in [5.74, 6) is 0.493. The van der Waals surface area contributed by atoms with E-state index in [9.17, 15) is 0 Å². The van der Waals surface area contributed by atoms with E-state index >= 15 is 0 Å². The minimum Gasteiger partial charge on any atom is -0.329 e. The zero-order valence-electron chi connectivity index (χ0n) is 17.7. The average Bonchev–Trinajstić information content (AvgIpc) is 2.84. The van der Waals surface area contributed by atoms with Crippen molar-refractivity contribution in [2.75, 3.05) is 0 Å². The number of benzene rings is 3. The van der Waals surface area contributed by atoms with E-state index in [0.717, 1.165) is 0 Å². The van der Waals surface area contributed by atoms with E-state index in [1.165, 1.54) is 38.2 Å². The largest absolute Gasteiger partial charge is 0.329 e. The predicted molar refractivity (Wildman–Crippen MR) is 123 cm³/mol. The summed E-state index contributed by atoms with van der Waals surface area (Å²) in [6, 6.07) is 18.1. The van der Waals surface area contributed by atoms with E-state index < -0.39 is 8.24 Å². The maximum absolute atomic E-state index is 3.99. The molecule has 0 amide bonds. The maximum Gasteiger partial charge on any atom is 0.148 e. The second-order valence-electron chi connectivity index (χ2n) is 9.67. The van der Waals surface area contributed by atoms with E-state index in [1.54, 1.807) is 5.20 Å². The van der Waals surface area contributed by atoms with Crippen LogP contribution in [0, 0.1) is 0 Å². The minimum absolute atomic E-state index is 0.135. The second-order valence-corrected chi connectivity index (χ2v) is 13.7. The molecule has 4 rings (SSSR count). The number of nitrogens with one attached hydrogen (secondary N) is 1. The molecule has 1 aliphatic carbocycles. The lowest BCUT2D eigenvalue weighted by molar-refractivity contribution is 0.513. The van der Waals surface area contributed by atoms with Gasteiger partial charge in [-0.3, -0.25) is 0 Å². The molecule has 1 atom stereocenters. The molecule has 0 saturated carbocycles. The fourth-order valence-corrected chi connectivity index (χ4v) is 9.82. The molecule has 1 unspecified atom stereocenters. The second kappa shape index (κ2) is 6.05.